The lowest BCUT2D eigenvalue weighted by Gasteiger charge is -1.97. The number of nitrogens with one attached hydrogen (secondary N) is 1. The third-order valence-corrected chi connectivity index (χ3v) is 4.77. The van der Waals surface area contributed by atoms with Crippen LogP contribution in [0.1, 0.15) is 15.2 Å². The molecule has 0 saturated carbocycles. The lowest BCUT2D eigenvalue weighted by Crippen LogP contribution is -2.16. The van der Waals surface area contributed by atoms with Gasteiger partial charge >= 0.3 is 0 Å². The van der Waals surface area contributed by atoms with Crippen LogP contribution in [0.15, 0.2) is 47.8 Å². The summed E-state index contributed by atoms with van der Waals surface area (Å²) < 4.78 is 0.862. The van der Waals surface area contributed by atoms with Crippen molar-refractivity contribution in [2.75, 3.05) is 0 Å². The van der Waals surface area contributed by atoms with Crippen molar-refractivity contribution in [2.24, 2.45) is 5.10 Å². The SMILES string of the molecule is O=C(NN=Cc1ccncc1)c1sc2cc(Cl)ccc2c1Cl. The van der Waals surface area contributed by atoms with E-state index in [0.29, 0.717) is 14.9 Å². The van der Waals surface area contributed by atoms with E-state index in [0.717, 1.165) is 15.6 Å². The Kier molecular flexibility index (Phi) is 4.38. The van der Waals surface area contributed by atoms with E-state index >= 15 is 0 Å². The van der Waals surface area contributed by atoms with Gasteiger partial charge in [0.05, 0.1) is 11.2 Å². The van der Waals surface area contributed by atoms with Crippen molar-refractivity contribution in [3.8, 4) is 0 Å². The van der Waals surface area contributed by atoms with Gasteiger partial charge in [0.25, 0.3) is 5.91 Å². The van der Waals surface area contributed by atoms with Gasteiger partial charge in [-0.05, 0) is 29.8 Å². The predicted octanol–water partition coefficient (Wildman–Crippen LogP) is 4.37. The molecule has 0 aliphatic rings. The van der Waals surface area contributed by atoms with Crippen LogP contribution in [0.2, 0.25) is 10.0 Å². The van der Waals surface area contributed by atoms with Crippen LogP contribution in [-0.4, -0.2) is 17.1 Å². The molecule has 0 fully saturated rings. The molecule has 0 unspecified atom stereocenters. The Hall–Kier alpha value is -1.95. The Morgan fingerprint density at radius 2 is 2.00 bits per heavy atom. The average Bonchev–Trinajstić information content (AvgIpc) is 2.84. The normalized spacial score (nSPS) is 11.2. The highest BCUT2D eigenvalue weighted by Gasteiger charge is 2.16. The van der Waals surface area contributed by atoms with Gasteiger partial charge in [0, 0.05) is 27.5 Å². The van der Waals surface area contributed by atoms with E-state index in [1.165, 1.54) is 17.6 Å². The number of nitrogens with zero attached hydrogens (tertiary/aromatic N) is 2. The van der Waals surface area contributed by atoms with Crippen LogP contribution >= 0.6 is 34.5 Å². The number of carbonyl (C=O) groups excluding carboxylic acids is 1. The maximum Gasteiger partial charge on any atom is 0.283 e. The Labute approximate surface area is 140 Å². The highest BCUT2D eigenvalue weighted by atomic mass is 35.5. The zero-order chi connectivity index (χ0) is 15.5. The lowest BCUT2D eigenvalue weighted by atomic mass is 10.2. The predicted molar refractivity (Wildman–Crippen MR) is 91.1 cm³/mol. The summed E-state index contributed by atoms with van der Waals surface area (Å²) in [5.74, 6) is -0.354. The van der Waals surface area contributed by atoms with Crippen molar-refractivity contribution < 1.29 is 4.79 Å². The van der Waals surface area contributed by atoms with Gasteiger partial charge in [-0.25, -0.2) is 5.43 Å². The van der Waals surface area contributed by atoms with Crippen molar-refractivity contribution in [1.29, 1.82) is 0 Å². The van der Waals surface area contributed by atoms with Crippen molar-refractivity contribution in [2.45, 2.75) is 0 Å². The second-order valence-corrected chi connectivity index (χ2v) is 6.23. The van der Waals surface area contributed by atoms with E-state index in [1.807, 2.05) is 0 Å². The molecular formula is C15H9Cl2N3OS. The topological polar surface area (TPSA) is 54.4 Å². The zero-order valence-corrected chi connectivity index (χ0v) is 13.4. The fourth-order valence-electron chi connectivity index (χ4n) is 1.85. The summed E-state index contributed by atoms with van der Waals surface area (Å²) in [5, 5.41) is 5.74. The van der Waals surface area contributed by atoms with Gasteiger partial charge in [0.2, 0.25) is 0 Å². The van der Waals surface area contributed by atoms with Crippen LogP contribution in [0.4, 0.5) is 0 Å². The monoisotopic (exact) mass is 349 g/mol. The van der Waals surface area contributed by atoms with Gasteiger partial charge in [-0.3, -0.25) is 9.78 Å². The molecular weight excluding hydrogens is 341 g/mol. The number of hydrogen-bond donors (Lipinski definition) is 1. The van der Waals surface area contributed by atoms with Crippen LogP contribution in [0.5, 0.6) is 0 Å². The van der Waals surface area contributed by atoms with Crippen LogP contribution < -0.4 is 5.43 Å². The quantitative estimate of drug-likeness (QED) is 0.563. The van der Waals surface area contributed by atoms with Gasteiger partial charge < -0.3 is 0 Å². The molecule has 0 bridgehead atoms. The van der Waals surface area contributed by atoms with E-state index in [-0.39, 0.29) is 5.91 Å². The van der Waals surface area contributed by atoms with E-state index in [4.69, 9.17) is 23.2 Å². The first kappa shape index (κ1) is 15.0. The summed E-state index contributed by atoms with van der Waals surface area (Å²) in [4.78, 5) is 16.5. The van der Waals surface area contributed by atoms with Crippen molar-refractivity contribution in [3.05, 3.63) is 63.2 Å². The maximum absolute atomic E-state index is 12.2. The minimum atomic E-state index is -0.354. The number of pyridine rings is 1. The molecule has 7 heteroatoms. The zero-order valence-electron chi connectivity index (χ0n) is 11.1. The molecule has 1 amide bonds. The van der Waals surface area contributed by atoms with Crippen molar-refractivity contribution in [3.63, 3.8) is 0 Å². The van der Waals surface area contributed by atoms with Crippen molar-refractivity contribution in [1.82, 2.24) is 10.4 Å². The third-order valence-electron chi connectivity index (χ3n) is 2.88. The number of hydrogen-bond acceptors (Lipinski definition) is 4. The first-order valence-corrected chi connectivity index (χ1v) is 7.83. The molecule has 3 rings (SSSR count). The maximum atomic E-state index is 12.2. The Bertz CT molecular complexity index is 862. The summed E-state index contributed by atoms with van der Waals surface area (Å²) >= 11 is 13.5. The molecule has 0 atom stereocenters. The van der Waals surface area contributed by atoms with Gasteiger partial charge in [-0.2, -0.15) is 5.10 Å². The lowest BCUT2D eigenvalue weighted by molar-refractivity contribution is 0.0959. The van der Waals surface area contributed by atoms with Crippen LogP contribution in [0, 0.1) is 0 Å². The molecule has 3 aromatic rings. The highest BCUT2D eigenvalue weighted by molar-refractivity contribution is 7.21. The smallest absolute Gasteiger partial charge is 0.266 e. The van der Waals surface area contributed by atoms with Gasteiger partial charge in [0.1, 0.15) is 4.88 Å². The second-order valence-electron chi connectivity index (χ2n) is 4.37. The number of halogens is 2. The number of benzene rings is 1. The number of hydrazone groups is 1. The largest absolute Gasteiger partial charge is 0.283 e. The molecule has 2 heterocycles. The Morgan fingerprint density at radius 1 is 1.23 bits per heavy atom. The number of amides is 1. The molecule has 0 aliphatic heterocycles. The number of rotatable bonds is 3. The minimum Gasteiger partial charge on any atom is -0.266 e. The summed E-state index contributed by atoms with van der Waals surface area (Å²) in [6.45, 7) is 0. The first-order chi connectivity index (χ1) is 10.6. The van der Waals surface area contributed by atoms with Crippen LogP contribution in [-0.2, 0) is 0 Å². The fraction of sp³-hybridized carbons (Fsp3) is 0. The Morgan fingerprint density at radius 3 is 2.77 bits per heavy atom. The molecule has 0 aliphatic carbocycles. The molecule has 2 aromatic heterocycles. The Balaban J connectivity index is 1.80. The number of thiophene rings is 1. The highest BCUT2D eigenvalue weighted by Crippen LogP contribution is 2.36. The van der Waals surface area contributed by atoms with Crippen LogP contribution in [0.25, 0.3) is 10.1 Å². The molecule has 0 radical (unpaired) electrons. The first-order valence-electron chi connectivity index (χ1n) is 6.26. The second kappa shape index (κ2) is 6.44. The van der Waals surface area contributed by atoms with Crippen molar-refractivity contribution >= 4 is 56.7 Å². The molecule has 22 heavy (non-hydrogen) atoms. The minimum absolute atomic E-state index is 0.354. The van der Waals surface area contributed by atoms with E-state index in [9.17, 15) is 4.79 Å². The summed E-state index contributed by atoms with van der Waals surface area (Å²) in [6, 6.07) is 8.89. The van der Waals surface area contributed by atoms with E-state index < -0.39 is 0 Å². The third kappa shape index (κ3) is 3.11. The fourth-order valence-corrected chi connectivity index (χ4v) is 3.53. The number of fused-ring (bicyclic) bond motifs is 1. The van der Waals surface area contributed by atoms with Gasteiger partial charge in [0.15, 0.2) is 0 Å². The number of aromatic nitrogens is 1. The van der Waals surface area contributed by atoms with E-state index in [2.05, 4.69) is 15.5 Å². The molecule has 1 aromatic carbocycles. The molecule has 1 N–H and O–H groups in total. The summed E-state index contributed by atoms with van der Waals surface area (Å²) in [7, 11) is 0. The molecule has 0 spiro atoms. The number of carbonyl (C=O) groups is 1. The summed E-state index contributed by atoms with van der Waals surface area (Å²) in [6.07, 6.45) is 4.84. The standard InChI is InChI=1S/C15H9Cl2N3OS/c16-10-1-2-11-12(7-10)22-14(13(11)17)15(21)20-19-8-9-3-5-18-6-4-9/h1-8H,(H,20,21). The molecule has 4 nitrogen and oxygen atoms in total. The molecule has 110 valence electrons. The average molecular weight is 350 g/mol. The van der Waals surface area contributed by atoms with E-state index in [1.54, 1.807) is 42.7 Å². The van der Waals surface area contributed by atoms with Crippen LogP contribution in [0.3, 0.4) is 0 Å². The summed E-state index contributed by atoms with van der Waals surface area (Å²) in [5.41, 5.74) is 3.30. The molecule has 0 saturated heterocycles. The van der Waals surface area contributed by atoms with Gasteiger partial charge in [-0.1, -0.05) is 29.3 Å². The van der Waals surface area contributed by atoms with Gasteiger partial charge in [-0.15, -0.1) is 11.3 Å².